The van der Waals surface area contributed by atoms with Crippen molar-refractivity contribution in [1.29, 1.82) is 0 Å². The normalized spacial score (nSPS) is 12.9. The fourth-order valence-electron chi connectivity index (χ4n) is 1.30. The lowest BCUT2D eigenvalue weighted by Gasteiger charge is -2.22. The lowest BCUT2D eigenvalue weighted by atomic mass is 10.5. The molecule has 0 radical (unpaired) electrons. The van der Waals surface area contributed by atoms with Crippen molar-refractivity contribution in [2.75, 3.05) is 46.2 Å². The van der Waals surface area contributed by atoms with Gasteiger partial charge in [-0.15, -0.1) is 0 Å². The number of nitrogens with zero attached hydrogens (tertiary/aromatic N) is 2. The maximum absolute atomic E-state index is 10.4. The van der Waals surface area contributed by atoms with Gasteiger partial charge in [0, 0.05) is 33.7 Å². The summed E-state index contributed by atoms with van der Waals surface area (Å²) in [6.45, 7) is 1.21. The monoisotopic (exact) mass is 280 g/mol. The van der Waals surface area contributed by atoms with E-state index in [9.17, 15) is 14.5 Å². The van der Waals surface area contributed by atoms with Crippen LogP contribution in [0.3, 0.4) is 0 Å². The van der Waals surface area contributed by atoms with Crippen LogP contribution in [-0.4, -0.2) is 83.0 Å². The minimum absolute atomic E-state index is 0.0132. The molecule has 0 heterocycles. The zero-order valence-electron chi connectivity index (χ0n) is 10.7. The topological polar surface area (TPSA) is 101 Å². The third kappa shape index (κ3) is 10.4. The summed E-state index contributed by atoms with van der Waals surface area (Å²) in [6.07, 6.45) is 0.721. The number of carboxylic acids is 2. The number of likely N-dealkylation sites (N-methyl/N-ethyl adjacent to an activating group) is 2. The predicted octanol–water partition coefficient (Wildman–Crippen LogP) is -0.244. The van der Waals surface area contributed by atoms with Crippen molar-refractivity contribution in [1.82, 2.24) is 9.80 Å². The number of carboxylic acid groups (broad SMARTS) is 2. The molecule has 0 aliphatic rings. The summed E-state index contributed by atoms with van der Waals surface area (Å²) < 4.78 is 0. The minimum atomic E-state index is -1.29. The van der Waals surface area contributed by atoms with Crippen molar-refractivity contribution >= 4 is 20.1 Å². The van der Waals surface area contributed by atoms with E-state index < -0.39 is 20.1 Å². The quantitative estimate of drug-likeness (QED) is 0.474. The third-order valence-electron chi connectivity index (χ3n) is 2.26. The highest BCUT2D eigenvalue weighted by Gasteiger charge is 2.11. The molecule has 0 aliphatic heterocycles. The molecular formula is C10H21N2O5P. The van der Waals surface area contributed by atoms with E-state index >= 15 is 0 Å². The second-order valence-corrected chi connectivity index (χ2v) is 5.97. The van der Waals surface area contributed by atoms with Crippen LogP contribution in [0.1, 0.15) is 6.42 Å². The van der Waals surface area contributed by atoms with E-state index in [4.69, 9.17) is 10.2 Å². The van der Waals surface area contributed by atoms with Crippen LogP contribution < -0.4 is 0 Å². The Kier molecular flexibility index (Phi) is 8.83. The SMILES string of the molecule is CN(CCN(C)CP(O)CCC(=O)O)CC(=O)O. The van der Waals surface area contributed by atoms with Gasteiger partial charge >= 0.3 is 11.9 Å². The Balaban J connectivity index is 3.72. The third-order valence-corrected chi connectivity index (χ3v) is 3.81. The summed E-state index contributed by atoms with van der Waals surface area (Å²) in [4.78, 5) is 34.0. The first-order chi connectivity index (χ1) is 8.31. The Labute approximate surface area is 108 Å². The van der Waals surface area contributed by atoms with Crippen LogP contribution >= 0.6 is 8.15 Å². The van der Waals surface area contributed by atoms with Gasteiger partial charge in [0.05, 0.1) is 13.0 Å². The van der Waals surface area contributed by atoms with Crippen LogP contribution in [0.4, 0.5) is 0 Å². The Hall–Kier alpha value is -0.750. The molecule has 8 heteroatoms. The minimum Gasteiger partial charge on any atom is -0.481 e. The lowest BCUT2D eigenvalue weighted by Crippen LogP contribution is -2.34. The summed E-state index contributed by atoms with van der Waals surface area (Å²) in [7, 11) is 2.25. The first-order valence-corrected chi connectivity index (χ1v) is 7.22. The molecule has 1 unspecified atom stereocenters. The van der Waals surface area contributed by atoms with Crippen molar-refractivity contribution in [3.05, 3.63) is 0 Å². The number of hydrogen-bond donors (Lipinski definition) is 3. The summed E-state index contributed by atoms with van der Waals surface area (Å²) in [5.74, 6) is -1.77. The van der Waals surface area contributed by atoms with Gasteiger partial charge in [0.1, 0.15) is 0 Å². The fraction of sp³-hybridized carbons (Fsp3) is 0.800. The Morgan fingerprint density at radius 3 is 2.11 bits per heavy atom. The van der Waals surface area contributed by atoms with Gasteiger partial charge in [-0.25, -0.2) is 0 Å². The van der Waals surface area contributed by atoms with E-state index in [2.05, 4.69) is 0 Å². The molecule has 0 saturated heterocycles. The van der Waals surface area contributed by atoms with E-state index in [-0.39, 0.29) is 13.0 Å². The van der Waals surface area contributed by atoms with Crippen molar-refractivity contribution in [2.24, 2.45) is 0 Å². The van der Waals surface area contributed by atoms with E-state index in [0.29, 0.717) is 25.5 Å². The molecule has 0 aromatic carbocycles. The van der Waals surface area contributed by atoms with Crippen LogP contribution in [0.5, 0.6) is 0 Å². The van der Waals surface area contributed by atoms with E-state index in [1.54, 1.807) is 11.9 Å². The van der Waals surface area contributed by atoms with Gasteiger partial charge in [0.2, 0.25) is 0 Å². The Bertz CT molecular complexity index is 277. The van der Waals surface area contributed by atoms with E-state index in [1.165, 1.54) is 0 Å². The predicted molar refractivity (Wildman–Crippen MR) is 68.9 cm³/mol. The van der Waals surface area contributed by atoms with Crippen LogP contribution in [0.15, 0.2) is 0 Å². The Morgan fingerprint density at radius 2 is 1.61 bits per heavy atom. The highest BCUT2D eigenvalue weighted by molar-refractivity contribution is 7.51. The zero-order chi connectivity index (χ0) is 14.1. The van der Waals surface area contributed by atoms with Crippen molar-refractivity contribution in [2.45, 2.75) is 6.42 Å². The molecule has 0 saturated carbocycles. The highest BCUT2D eigenvalue weighted by atomic mass is 31.1. The molecule has 0 spiro atoms. The molecule has 0 aromatic rings. The van der Waals surface area contributed by atoms with Crippen molar-refractivity contribution < 1.29 is 24.7 Å². The van der Waals surface area contributed by atoms with Gasteiger partial charge in [-0.3, -0.25) is 19.4 Å². The summed E-state index contributed by atoms with van der Waals surface area (Å²) >= 11 is 0. The van der Waals surface area contributed by atoms with Gasteiger partial charge in [-0.2, -0.15) is 0 Å². The Morgan fingerprint density at radius 1 is 1.06 bits per heavy atom. The average Bonchev–Trinajstić information content (AvgIpc) is 2.22. The molecule has 3 N–H and O–H groups in total. The van der Waals surface area contributed by atoms with E-state index in [1.807, 2.05) is 11.9 Å². The van der Waals surface area contributed by atoms with Gasteiger partial charge in [-0.1, -0.05) is 0 Å². The maximum Gasteiger partial charge on any atom is 0.317 e. The fourth-order valence-corrected chi connectivity index (χ4v) is 2.59. The molecule has 0 bridgehead atoms. The van der Waals surface area contributed by atoms with Crippen LogP contribution in [0.2, 0.25) is 0 Å². The zero-order valence-corrected chi connectivity index (χ0v) is 11.6. The molecular weight excluding hydrogens is 259 g/mol. The molecule has 1 atom stereocenters. The molecule has 0 amide bonds. The second-order valence-electron chi connectivity index (χ2n) is 4.23. The summed E-state index contributed by atoms with van der Waals surface area (Å²) in [6, 6.07) is 0. The molecule has 106 valence electrons. The molecule has 18 heavy (non-hydrogen) atoms. The summed E-state index contributed by atoms with van der Waals surface area (Å²) in [5, 5.41) is 17.0. The molecule has 0 rings (SSSR count). The van der Waals surface area contributed by atoms with Gasteiger partial charge in [0.25, 0.3) is 0 Å². The first kappa shape index (κ1) is 17.2. The summed E-state index contributed by atoms with van der Waals surface area (Å²) in [5.41, 5.74) is 0. The van der Waals surface area contributed by atoms with Crippen molar-refractivity contribution in [3.8, 4) is 0 Å². The largest absolute Gasteiger partial charge is 0.481 e. The van der Waals surface area contributed by atoms with Crippen LogP contribution in [0.25, 0.3) is 0 Å². The number of aliphatic carboxylic acids is 2. The standard InChI is InChI=1S/C10H21N2O5P/c1-11(7-10(15)16)4-5-12(2)8-18(17)6-3-9(13)14/h17H,3-8H2,1-2H3,(H,13,14)(H,15,16). The first-order valence-electron chi connectivity index (χ1n) is 5.55. The lowest BCUT2D eigenvalue weighted by molar-refractivity contribution is -0.138. The van der Waals surface area contributed by atoms with Crippen LogP contribution in [-0.2, 0) is 9.59 Å². The molecule has 0 aromatic heterocycles. The highest BCUT2D eigenvalue weighted by Crippen LogP contribution is 2.30. The van der Waals surface area contributed by atoms with E-state index in [0.717, 1.165) is 0 Å². The van der Waals surface area contributed by atoms with Gasteiger partial charge in [0.15, 0.2) is 0 Å². The van der Waals surface area contributed by atoms with Gasteiger partial charge < -0.3 is 15.1 Å². The number of hydrogen-bond acceptors (Lipinski definition) is 5. The average molecular weight is 280 g/mol. The molecule has 0 fully saturated rings. The number of rotatable bonds is 10. The van der Waals surface area contributed by atoms with Crippen LogP contribution in [0, 0.1) is 0 Å². The smallest absolute Gasteiger partial charge is 0.317 e. The van der Waals surface area contributed by atoms with Gasteiger partial charge in [-0.05, 0) is 14.1 Å². The maximum atomic E-state index is 10.4. The molecule has 7 nitrogen and oxygen atoms in total. The second kappa shape index (κ2) is 9.22. The van der Waals surface area contributed by atoms with Crippen molar-refractivity contribution in [3.63, 3.8) is 0 Å². The number of carbonyl (C=O) groups is 2. The molecule has 0 aliphatic carbocycles.